The summed E-state index contributed by atoms with van der Waals surface area (Å²) < 4.78 is 0. The van der Waals surface area contributed by atoms with Crippen molar-refractivity contribution < 1.29 is 10.2 Å². The average molecular weight is 145 g/mol. The van der Waals surface area contributed by atoms with Crippen LogP contribution >= 0.6 is 0 Å². The Hall–Kier alpha value is -0.120. The molecular formula is C7H15NO2. The minimum Gasteiger partial charge on any atom is -0.395 e. The van der Waals surface area contributed by atoms with Gasteiger partial charge in [0.15, 0.2) is 0 Å². The molecule has 0 bridgehead atoms. The fraction of sp³-hybridized carbons (Fsp3) is 1.00. The second kappa shape index (κ2) is 3.32. The average Bonchev–Trinajstić information content (AvgIpc) is 2.30. The van der Waals surface area contributed by atoms with Gasteiger partial charge >= 0.3 is 0 Å². The van der Waals surface area contributed by atoms with Crippen LogP contribution in [0.25, 0.3) is 0 Å². The van der Waals surface area contributed by atoms with Gasteiger partial charge in [-0.1, -0.05) is 0 Å². The normalized spacial score (nSPS) is 35.1. The molecule has 0 aromatic carbocycles. The maximum absolute atomic E-state index is 8.83. The van der Waals surface area contributed by atoms with E-state index in [1.165, 1.54) is 0 Å². The smallest absolute Gasteiger partial charge is 0.0586 e. The third-order valence-electron chi connectivity index (χ3n) is 2.41. The van der Waals surface area contributed by atoms with E-state index < -0.39 is 0 Å². The monoisotopic (exact) mass is 145 g/mol. The molecule has 10 heavy (non-hydrogen) atoms. The van der Waals surface area contributed by atoms with E-state index in [2.05, 4.69) is 4.90 Å². The fourth-order valence-electron chi connectivity index (χ4n) is 1.53. The standard InChI is InChI=1S/C7H15NO2/c1-8-6(4-9)2-3-7(8)5-10/h6-7,9-10H,2-5H2,1H3/t6-,7-/m0/s1. The molecule has 0 aromatic heterocycles. The SMILES string of the molecule is CN1[C@H](CO)CC[C@H]1CO. The van der Waals surface area contributed by atoms with Gasteiger partial charge in [-0.3, -0.25) is 4.90 Å². The number of nitrogens with zero attached hydrogens (tertiary/aromatic N) is 1. The quantitative estimate of drug-likeness (QED) is 0.547. The summed E-state index contributed by atoms with van der Waals surface area (Å²) in [7, 11) is 1.95. The van der Waals surface area contributed by atoms with E-state index >= 15 is 0 Å². The summed E-state index contributed by atoms with van der Waals surface area (Å²) in [6, 6.07) is 0.550. The van der Waals surface area contributed by atoms with Gasteiger partial charge in [-0.2, -0.15) is 0 Å². The van der Waals surface area contributed by atoms with Crippen LogP contribution in [0.15, 0.2) is 0 Å². The van der Waals surface area contributed by atoms with Gasteiger partial charge in [-0.25, -0.2) is 0 Å². The number of likely N-dealkylation sites (N-methyl/N-ethyl adjacent to an activating group) is 1. The van der Waals surface area contributed by atoms with Crippen LogP contribution in [-0.2, 0) is 0 Å². The number of hydrogen-bond donors (Lipinski definition) is 2. The lowest BCUT2D eigenvalue weighted by Gasteiger charge is -2.22. The molecule has 0 amide bonds. The Morgan fingerprint density at radius 3 is 1.80 bits per heavy atom. The first kappa shape index (κ1) is 7.98. The molecule has 3 heteroatoms. The maximum Gasteiger partial charge on any atom is 0.0586 e. The van der Waals surface area contributed by atoms with Crippen LogP contribution in [0.2, 0.25) is 0 Å². The van der Waals surface area contributed by atoms with Crippen molar-refractivity contribution in [3.05, 3.63) is 0 Å². The lowest BCUT2D eigenvalue weighted by atomic mass is 10.2. The third kappa shape index (κ3) is 1.31. The van der Waals surface area contributed by atoms with Crippen molar-refractivity contribution in [1.29, 1.82) is 0 Å². The zero-order valence-corrected chi connectivity index (χ0v) is 6.32. The van der Waals surface area contributed by atoms with Gasteiger partial charge in [0.2, 0.25) is 0 Å². The Morgan fingerprint density at radius 1 is 1.20 bits per heavy atom. The predicted molar refractivity (Wildman–Crippen MR) is 38.7 cm³/mol. The topological polar surface area (TPSA) is 43.7 Å². The summed E-state index contributed by atoms with van der Waals surface area (Å²) in [5.74, 6) is 0. The molecule has 0 radical (unpaired) electrons. The van der Waals surface area contributed by atoms with Crippen molar-refractivity contribution in [2.75, 3.05) is 20.3 Å². The minimum atomic E-state index is 0.215. The lowest BCUT2D eigenvalue weighted by Crippen LogP contribution is -2.36. The molecule has 60 valence electrons. The molecule has 1 rings (SSSR count). The number of rotatable bonds is 2. The summed E-state index contributed by atoms with van der Waals surface area (Å²) in [5.41, 5.74) is 0. The van der Waals surface area contributed by atoms with Crippen molar-refractivity contribution >= 4 is 0 Å². The number of aliphatic hydroxyl groups excluding tert-OH is 2. The summed E-state index contributed by atoms with van der Waals surface area (Å²) in [4.78, 5) is 2.06. The Morgan fingerprint density at radius 2 is 1.60 bits per heavy atom. The van der Waals surface area contributed by atoms with Crippen molar-refractivity contribution in [2.45, 2.75) is 24.9 Å². The summed E-state index contributed by atoms with van der Waals surface area (Å²) in [6.45, 7) is 0.431. The van der Waals surface area contributed by atoms with Crippen molar-refractivity contribution in [3.63, 3.8) is 0 Å². The lowest BCUT2D eigenvalue weighted by molar-refractivity contribution is 0.120. The van der Waals surface area contributed by atoms with E-state index in [9.17, 15) is 0 Å². The van der Waals surface area contributed by atoms with Crippen molar-refractivity contribution in [3.8, 4) is 0 Å². The van der Waals surface area contributed by atoms with Crippen LogP contribution in [0.3, 0.4) is 0 Å². The molecule has 0 spiro atoms. The molecule has 1 heterocycles. The van der Waals surface area contributed by atoms with Gasteiger partial charge in [0, 0.05) is 12.1 Å². The largest absolute Gasteiger partial charge is 0.395 e. The molecule has 2 atom stereocenters. The summed E-state index contributed by atoms with van der Waals surface area (Å²) in [5, 5.41) is 17.7. The van der Waals surface area contributed by atoms with Crippen LogP contribution in [0, 0.1) is 0 Å². The fourth-order valence-corrected chi connectivity index (χ4v) is 1.53. The first-order chi connectivity index (χ1) is 4.79. The number of hydrogen-bond acceptors (Lipinski definition) is 3. The van der Waals surface area contributed by atoms with E-state index in [4.69, 9.17) is 10.2 Å². The van der Waals surface area contributed by atoms with Crippen LogP contribution in [0.1, 0.15) is 12.8 Å². The Labute approximate surface area is 61.3 Å². The van der Waals surface area contributed by atoms with Gasteiger partial charge in [-0.05, 0) is 19.9 Å². The molecular weight excluding hydrogens is 130 g/mol. The van der Waals surface area contributed by atoms with Gasteiger partial charge < -0.3 is 10.2 Å². The van der Waals surface area contributed by atoms with Crippen molar-refractivity contribution in [2.24, 2.45) is 0 Å². The molecule has 1 aliphatic heterocycles. The first-order valence-electron chi connectivity index (χ1n) is 3.73. The molecule has 1 saturated heterocycles. The third-order valence-corrected chi connectivity index (χ3v) is 2.41. The van der Waals surface area contributed by atoms with Crippen LogP contribution in [0.5, 0.6) is 0 Å². The summed E-state index contributed by atoms with van der Waals surface area (Å²) >= 11 is 0. The minimum absolute atomic E-state index is 0.215. The molecule has 1 aliphatic rings. The molecule has 0 saturated carbocycles. The maximum atomic E-state index is 8.83. The second-order valence-corrected chi connectivity index (χ2v) is 2.92. The molecule has 1 fully saturated rings. The predicted octanol–water partition coefficient (Wildman–Crippen LogP) is -0.566. The molecule has 0 aliphatic carbocycles. The second-order valence-electron chi connectivity index (χ2n) is 2.92. The van der Waals surface area contributed by atoms with E-state index in [1.807, 2.05) is 7.05 Å². The highest BCUT2D eigenvalue weighted by atomic mass is 16.3. The van der Waals surface area contributed by atoms with Crippen LogP contribution < -0.4 is 0 Å². The highest BCUT2D eigenvalue weighted by Gasteiger charge is 2.28. The first-order valence-corrected chi connectivity index (χ1v) is 3.73. The van der Waals surface area contributed by atoms with Gasteiger partial charge in [0.05, 0.1) is 13.2 Å². The Balaban J connectivity index is 2.41. The molecule has 2 N–H and O–H groups in total. The van der Waals surface area contributed by atoms with Gasteiger partial charge in [-0.15, -0.1) is 0 Å². The summed E-state index contributed by atoms with van der Waals surface area (Å²) in [6.07, 6.45) is 2.02. The van der Waals surface area contributed by atoms with E-state index in [1.54, 1.807) is 0 Å². The zero-order chi connectivity index (χ0) is 7.56. The van der Waals surface area contributed by atoms with Crippen molar-refractivity contribution in [1.82, 2.24) is 4.90 Å². The Bertz CT molecular complexity index is 95.8. The molecule has 0 aromatic rings. The molecule has 0 unspecified atom stereocenters. The highest BCUT2D eigenvalue weighted by molar-refractivity contribution is 4.83. The van der Waals surface area contributed by atoms with Crippen LogP contribution in [-0.4, -0.2) is 47.5 Å². The van der Waals surface area contributed by atoms with E-state index in [-0.39, 0.29) is 25.3 Å². The van der Waals surface area contributed by atoms with Crippen LogP contribution in [0.4, 0.5) is 0 Å². The number of likely N-dealkylation sites (tertiary alicyclic amines) is 1. The van der Waals surface area contributed by atoms with E-state index in [0.29, 0.717) is 0 Å². The highest BCUT2D eigenvalue weighted by Crippen LogP contribution is 2.20. The Kier molecular flexibility index (Phi) is 2.65. The van der Waals surface area contributed by atoms with Gasteiger partial charge in [0.1, 0.15) is 0 Å². The number of aliphatic hydroxyl groups is 2. The zero-order valence-electron chi connectivity index (χ0n) is 6.32. The molecule has 3 nitrogen and oxygen atoms in total. The van der Waals surface area contributed by atoms with Gasteiger partial charge in [0.25, 0.3) is 0 Å². The van der Waals surface area contributed by atoms with E-state index in [0.717, 1.165) is 12.8 Å².